The van der Waals surface area contributed by atoms with Crippen LogP contribution in [0.4, 0.5) is 17.1 Å². The van der Waals surface area contributed by atoms with E-state index in [1.165, 1.54) is 60.0 Å². The molecule has 0 saturated carbocycles. The summed E-state index contributed by atoms with van der Waals surface area (Å²) < 4.78 is 9.00. The third-order valence-corrected chi connectivity index (χ3v) is 13.2. The lowest BCUT2D eigenvalue weighted by molar-refractivity contribution is 0.669. The molecule has 0 amide bonds. The Morgan fingerprint density at radius 2 is 0.877 bits per heavy atom. The molecule has 11 aromatic carbocycles. The van der Waals surface area contributed by atoms with Crippen molar-refractivity contribution in [1.82, 2.24) is 4.57 Å². The van der Waals surface area contributed by atoms with Gasteiger partial charge in [0.1, 0.15) is 11.2 Å². The first kappa shape index (κ1) is 36.9. The second kappa shape index (κ2) is 15.0. The molecule has 0 atom stereocenters. The van der Waals surface area contributed by atoms with Gasteiger partial charge in [0, 0.05) is 50.1 Å². The van der Waals surface area contributed by atoms with Crippen LogP contribution in [0.15, 0.2) is 247 Å². The molecule has 0 aliphatic heterocycles. The molecule has 304 valence electrons. The number of nitrogens with zero attached hydrogens (tertiary/aromatic N) is 2. The largest absolute Gasteiger partial charge is 0.456 e. The molecule has 2 heterocycles. The van der Waals surface area contributed by atoms with Gasteiger partial charge in [0.15, 0.2) is 0 Å². The minimum atomic E-state index is 0.851. The number of hydrogen-bond donors (Lipinski definition) is 0. The number of furan rings is 1. The molecule has 0 radical (unpaired) electrons. The van der Waals surface area contributed by atoms with Crippen LogP contribution in [0.25, 0.3) is 104 Å². The maximum atomic E-state index is 6.57. The zero-order valence-electron chi connectivity index (χ0n) is 35.4. The molecule has 65 heavy (non-hydrogen) atoms. The molecular weight excluding hydrogens is 789 g/mol. The van der Waals surface area contributed by atoms with Gasteiger partial charge in [0.05, 0.1) is 22.4 Å². The Morgan fingerprint density at radius 3 is 1.66 bits per heavy atom. The second-order valence-corrected chi connectivity index (χ2v) is 16.8. The highest BCUT2D eigenvalue weighted by Crippen LogP contribution is 2.48. The normalized spacial score (nSPS) is 11.7. The summed E-state index contributed by atoms with van der Waals surface area (Å²) >= 11 is 0. The quantitative estimate of drug-likeness (QED) is 0.149. The van der Waals surface area contributed by atoms with Crippen molar-refractivity contribution >= 4 is 82.4 Å². The molecule has 0 aliphatic rings. The number of aromatic nitrogens is 1. The average Bonchev–Trinajstić information content (AvgIpc) is 3.92. The van der Waals surface area contributed by atoms with E-state index in [9.17, 15) is 0 Å². The highest BCUT2D eigenvalue weighted by Gasteiger charge is 2.23. The standard InChI is InChI=1S/C62H40N2O/c1-2-16-41(17-3-1)42-30-33-45(34-31-42)63(46-35-36-54-53-25-11-15-29-61(53)65-62(54)40-46)60-37-32-44(39-56(60)55-38-43-18-4-5-19-47(43)49-21-6-7-22-50(49)55)48-20-8-12-26-57(48)64-58-27-13-9-23-51(58)52-24-10-14-28-59(52)64/h1-40H. The third kappa shape index (κ3) is 6.05. The zero-order chi connectivity index (χ0) is 42.8. The van der Waals surface area contributed by atoms with Crippen LogP contribution >= 0.6 is 0 Å². The summed E-state index contributed by atoms with van der Waals surface area (Å²) in [4.78, 5) is 2.41. The molecule has 3 heteroatoms. The highest BCUT2D eigenvalue weighted by atomic mass is 16.3. The van der Waals surface area contributed by atoms with E-state index in [1.807, 2.05) is 12.1 Å². The molecule has 0 bridgehead atoms. The number of para-hydroxylation sites is 4. The van der Waals surface area contributed by atoms with E-state index in [1.54, 1.807) is 0 Å². The maximum Gasteiger partial charge on any atom is 0.137 e. The van der Waals surface area contributed by atoms with Crippen molar-refractivity contribution in [2.75, 3.05) is 4.90 Å². The fourth-order valence-electron chi connectivity index (χ4n) is 10.2. The summed E-state index contributed by atoms with van der Waals surface area (Å²) in [5.41, 5.74) is 15.3. The van der Waals surface area contributed by atoms with E-state index in [0.717, 1.165) is 61.4 Å². The maximum absolute atomic E-state index is 6.57. The van der Waals surface area contributed by atoms with Crippen LogP contribution in [0.2, 0.25) is 0 Å². The number of rotatable bonds is 7. The van der Waals surface area contributed by atoms with Crippen LogP contribution in [-0.2, 0) is 0 Å². The summed E-state index contributed by atoms with van der Waals surface area (Å²) in [6.07, 6.45) is 0. The summed E-state index contributed by atoms with van der Waals surface area (Å²) in [5.74, 6) is 0. The van der Waals surface area contributed by atoms with Gasteiger partial charge >= 0.3 is 0 Å². The van der Waals surface area contributed by atoms with Gasteiger partial charge in [-0.05, 0) is 111 Å². The Morgan fingerprint density at radius 1 is 0.308 bits per heavy atom. The minimum absolute atomic E-state index is 0.851. The van der Waals surface area contributed by atoms with Gasteiger partial charge in [-0.15, -0.1) is 0 Å². The molecule has 0 aliphatic carbocycles. The molecule has 0 saturated heterocycles. The molecule has 0 unspecified atom stereocenters. The highest BCUT2D eigenvalue weighted by molar-refractivity contribution is 6.16. The van der Waals surface area contributed by atoms with E-state index >= 15 is 0 Å². The number of hydrogen-bond acceptors (Lipinski definition) is 2. The first-order valence-corrected chi connectivity index (χ1v) is 22.2. The monoisotopic (exact) mass is 828 g/mol. The van der Waals surface area contributed by atoms with Crippen LogP contribution in [0.1, 0.15) is 0 Å². The predicted octanol–water partition coefficient (Wildman–Crippen LogP) is 17.5. The van der Waals surface area contributed by atoms with Crippen LogP contribution in [0.5, 0.6) is 0 Å². The van der Waals surface area contributed by atoms with Crippen molar-refractivity contribution in [2.45, 2.75) is 0 Å². The predicted molar refractivity (Wildman–Crippen MR) is 274 cm³/mol. The lowest BCUT2D eigenvalue weighted by Gasteiger charge is -2.29. The van der Waals surface area contributed by atoms with E-state index in [0.29, 0.717) is 0 Å². The van der Waals surface area contributed by atoms with Gasteiger partial charge in [-0.2, -0.15) is 0 Å². The Kier molecular flexibility index (Phi) is 8.53. The molecular formula is C62H40N2O. The fourth-order valence-corrected chi connectivity index (χ4v) is 10.2. The van der Waals surface area contributed by atoms with E-state index < -0.39 is 0 Å². The Labute approximate surface area is 376 Å². The fraction of sp³-hybridized carbons (Fsp3) is 0. The van der Waals surface area contributed by atoms with Crippen molar-refractivity contribution in [3.8, 4) is 39.1 Å². The van der Waals surface area contributed by atoms with Gasteiger partial charge in [0.25, 0.3) is 0 Å². The molecule has 13 aromatic rings. The lowest BCUT2D eigenvalue weighted by atomic mass is 9.90. The molecule has 2 aromatic heterocycles. The molecule has 0 fully saturated rings. The van der Waals surface area contributed by atoms with Crippen molar-refractivity contribution in [1.29, 1.82) is 0 Å². The lowest BCUT2D eigenvalue weighted by Crippen LogP contribution is -2.11. The zero-order valence-corrected chi connectivity index (χ0v) is 35.4. The van der Waals surface area contributed by atoms with Crippen molar-refractivity contribution < 1.29 is 4.42 Å². The molecule has 0 spiro atoms. The number of fused-ring (bicyclic) bond motifs is 9. The van der Waals surface area contributed by atoms with Gasteiger partial charge < -0.3 is 13.9 Å². The first-order valence-electron chi connectivity index (χ1n) is 22.2. The van der Waals surface area contributed by atoms with Crippen molar-refractivity contribution in [3.05, 3.63) is 243 Å². The summed E-state index contributed by atoms with van der Waals surface area (Å²) in [6, 6.07) is 87.9. The van der Waals surface area contributed by atoms with Gasteiger partial charge in [0.2, 0.25) is 0 Å². The van der Waals surface area contributed by atoms with Crippen LogP contribution in [0.3, 0.4) is 0 Å². The Hall–Kier alpha value is -8.66. The molecule has 13 rings (SSSR count). The van der Waals surface area contributed by atoms with E-state index in [-0.39, 0.29) is 0 Å². The third-order valence-electron chi connectivity index (χ3n) is 13.2. The number of benzene rings is 11. The van der Waals surface area contributed by atoms with Gasteiger partial charge in [-0.1, -0.05) is 170 Å². The minimum Gasteiger partial charge on any atom is -0.456 e. The van der Waals surface area contributed by atoms with Crippen LogP contribution in [-0.4, -0.2) is 4.57 Å². The topological polar surface area (TPSA) is 21.3 Å². The Bertz CT molecular complexity index is 3900. The SMILES string of the molecule is c1ccc(-c2ccc(N(c3ccc4c(c3)oc3ccccc34)c3ccc(-c4ccccc4-n4c5ccccc5c5ccccc54)cc3-c3cc4ccccc4c4ccccc34)cc2)cc1. The average molecular weight is 829 g/mol. The smallest absolute Gasteiger partial charge is 0.137 e. The molecule has 0 N–H and O–H groups in total. The molecule has 3 nitrogen and oxygen atoms in total. The summed E-state index contributed by atoms with van der Waals surface area (Å²) in [7, 11) is 0. The van der Waals surface area contributed by atoms with Gasteiger partial charge in [-0.3, -0.25) is 0 Å². The van der Waals surface area contributed by atoms with Gasteiger partial charge in [-0.25, -0.2) is 0 Å². The summed E-state index contributed by atoms with van der Waals surface area (Å²) in [6.45, 7) is 0. The van der Waals surface area contributed by atoms with E-state index in [2.05, 4.69) is 240 Å². The summed E-state index contributed by atoms with van der Waals surface area (Å²) in [5, 5.41) is 9.57. The van der Waals surface area contributed by atoms with Crippen molar-refractivity contribution in [2.24, 2.45) is 0 Å². The van der Waals surface area contributed by atoms with Crippen LogP contribution < -0.4 is 4.90 Å². The first-order chi connectivity index (χ1) is 32.2. The van der Waals surface area contributed by atoms with Crippen molar-refractivity contribution in [3.63, 3.8) is 0 Å². The Balaban J connectivity index is 1.09. The number of anilines is 3. The second-order valence-electron chi connectivity index (χ2n) is 16.8. The van der Waals surface area contributed by atoms with E-state index in [4.69, 9.17) is 4.42 Å². The van der Waals surface area contributed by atoms with Crippen LogP contribution in [0, 0.1) is 0 Å².